The number of nitrogens with zero attached hydrogens (tertiary/aromatic N) is 2. The molecule has 2 heterocycles. The molecule has 4 heteroatoms. The Morgan fingerprint density at radius 3 is 3.07 bits per heavy atom. The summed E-state index contributed by atoms with van der Waals surface area (Å²) in [7, 11) is 0. The molecular weight excluding hydrogens is 196 g/mol. The predicted octanol–water partition coefficient (Wildman–Crippen LogP) is 2.02. The maximum Gasteiger partial charge on any atom is 0.258 e. The summed E-state index contributed by atoms with van der Waals surface area (Å²) in [5, 5.41) is 2.02. The Balaban J connectivity index is 2.73. The van der Waals surface area contributed by atoms with Crippen molar-refractivity contribution in [2.24, 2.45) is 0 Å². The van der Waals surface area contributed by atoms with Crippen LogP contribution in [0.3, 0.4) is 0 Å². The van der Waals surface area contributed by atoms with Crippen LogP contribution in [0.15, 0.2) is 16.2 Å². The van der Waals surface area contributed by atoms with Crippen molar-refractivity contribution in [3.05, 3.63) is 33.2 Å². The average Bonchev–Trinajstić information content (AvgIpc) is 2.49. The second-order valence-electron chi connectivity index (χ2n) is 3.33. The van der Waals surface area contributed by atoms with Crippen LogP contribution in [0.5, 0.6) is 0 Å². The molecule has 0 aromatic carbocycles. The van der Waals surface area contributed by atoms with Crippen molar-refractivity contribution < 1.29 is 0 Å². The SMILES string of the molecule is CCCc1csc2nc(C)cc(=O)n12. The predicted molar refractivity (Wildman–Crippen MR) is 58.1 cm³/mol. The van der Waals surface area contributed by atoms with E-state index >= 15 is 0 Å². The van der Waals surface area contributed by atoms with E-state index in [0.717, 1.165) is 29.2 Å². The molecule has 0 N–H and O–H groups in total. The van der Waals surface area contributed by atoms with Gasteiger partial charge in [-0.2, -0.15) is 0 Å². The molecule has 0 radical (unpaired) electrons. The fourth-order valence-electron chi connectivity index (χ4n) is 1.51. The summed E-state index contributed by atoms with van der Waals surface area (Å²) in [6, 6.07) is 1.58. The van der Waals surface area contributed by atoms with Gasteiger partial charge < -0.3 is 0 Å². The minimum absolute atomic E-state index is 0.0391. The molecule has 0 aliphatic carbocycles. The van der Waals surface area contributed by atoms with E-state index in [-0.39, 0.29) is 5.56 Å². The van der Waals surface area contributed by atoms with Crippen LogP contribution in [0.2, 0.25) is 0 Å². The highest BCUT2D eigenvalue weighted by Gasteiger charge is 2.06. The Labute approximate surface area is 86.0 Å². The zero-order valence-electron chi connectivity index (χ0n) is 8.28. The molecule has 2 aromatic heterocycles. The van der Waals surface area contributed by atoms with Gasteiger partial charge in [-0.15, -0.1) is 11.3 Å². The third-order valence-corrected chi connectivity index (χ3v) is 2.98. The molecule has 0 spiro atoms. The van der Waals surface area contributed by atoms with Crippen LogP contribution in [0.4, 0.5) is 0 Å². The number of hydrogen-bond donors (Lipinski definition) is 0. The van der Waals surface area contributed by atoms with Crippen molar-refractivity contribution in [3.8, 4) is 0 Å². The average molecular weight is 208 g/mol. The van der Waals surface area contributed by atoms with Gasteiger partial charge >= 0.3 is 0 Å². The Hall–Kier alpha value is -1.16. The van der Waals surface area contributed by atoms with E-state index in [9.17, 15) is 4.79 Å². The van der Waals surface area contributed by atoms with Crippen molar-refractivity contribution in [3.63, 3.8) is 0 Å². The normalized spacial score (nSPS) is 11.0. The molecule has 0 aliphatic rings. The number of fused-ring (bicyclic) bond motifs is 1. The van der Waals surface area contributed by atoms with Gasteiger partial charge in [-0.1, -0.05) is 13.3 Å². The lowest BCUT2D eigenvalue weighted by Gasteiger charge is -1.98. The van der Waals surface area contributed by atoms with Gasteiger partial charge in [0.05, 0.1) is 0 Å². The quantitative estimate of drug-likeness (QED) is 0.756. The number of aryl methyl sites for hydroxylation is 2. The second-order valence-corrected chi connectivity index (χ2v) is 4.17. The van der Waals surface area contributed by atoms with Gasteiger partial charge in [-0.25, -0.2) is 4.98 Å². The Bertz CT molecular complexity index is 512. The highest BCUT2D eigenvalue weighted by molar-refractivity contribution is 7.15. The molecule has 3 nitrogen and oxygen atoms in total. The number of aromatic nitrogens is 2. The van der Waals surface area contributed by atoms with Crippen LogP contribution in [0, 0.1) is 6.92 Å². The smallest absolute Gasteiger partial charge is 0.258 e. The van der Waals surface area contributed by atoms with Crippen molar-refractivity contribution in [1.29, 1.82) is 0 Å². The minimum Gasteiger partial charge on any atom is -0.269 e. The summed E-state index contributed by atoms with van der Waals surface area (Å²) >= 11 is 1.53. The highest BCUT2D eigenvalue weighted by atomic mass is 32.1. The van der Waals surface area contributed by atoms with Crippen LogP contribution in [0.1, 0.15) is 24.7 Å². The fraction of sp³-hybridized carbons (Fsp3) is 0.400. The summed E-state index contributed by atoms with van der Waals surface area (Å²) in [4.78, 5) is 16.8. The summed E-state index contributed by atoms with van der Waals surface area (Å²) < 4.78 is 1.71. The van der Waals surface area contributed by atoms with E-state index < -0.39 is 0 Å². The maximum atomic E-state index is 11.7. The van der Waals surface area contributed by atoms with E-state index in [2.05, 4.69) is 11.9 Å². The molecule has 2 aromatic rings. The maximum absolute atomic E-state index is 11.7. The second kappa shape index (κ2) is 3.53. The van der Waals surface area contributed by atoms with Crippen molar-refractivity contribution in [2.75, 3.05) is 0 Å². The van der Waals surface area contributed by atoms with Gasteiger partial charge in [-0.3, -0.25) is 9.20 Å². The molecule has 0 saturated heterocycles. The van der Waals surface area contributed by atoms with Crippen molar-refractivity contribution in [2.45, 2.75) is 26.7 Å². The monoisotopic (exact) mass is 208 g/mol. The first-order chi connectivity index (χ1) is 6.72. The fourth-order valence-corrected chi connectivity index (χ4v) is 2.49. The van der Waals surface area contributed by atoms with Gasteiger partial charge in [-0.05, 0) is 13.3 Å². The van der Waals surface area contributed by atoms with Gasteiger partial charge in [0.2, 0.25) is 0 Å². The Kier molecular flexibility index (Phi) is 2.37. The van der Waals surface area contributed by atoms with Crippen LogP contribution in [-0.2, 0) is 6.42 Å². The first-order valence-corrected chi connectivity index (χ1v) is 5.57. The first-order valence-electron chi connectivity index (χ1n) is 4.69. The third-order valence-electron chi connectivity index (χ3n) is 2.11. The lowest BCUT2D eigenvalue weighted by Crippen LogP contribution is -2.15. The van der Waals surface area contributed by atoms with Crippen LogP contribution in [0.25, 0.3) is 4.96 Å². The highest BCUT2D eigenvalue weighted by Crippen LogP contribution is 2.13. The van der Waals surface area contributed by atoms with Crippen LogP contribution >= 0.6 is 11.3 Å². The minimum atomic E-state index is 0.0391. The third kappa shape index (κ3) is 1.46. The molecule has 0 atom stereocenters. The summed E-state index contributed by atoms with van der Waals surface area (Å²) in [5.41, 5.74) is 1.90. The van der Waals surface area contributed by atoms with Gasteiger partial charge in [0, 0.05) is 22.8 Å². The number of hydrogen-bond acceptors (Lipinski definition) is 3. The molecule has 0 fully saturated rings. The molecule has 74 valence electrons. The molecule has 0 aliphatic heterocycles. The van der Waals surface area contributed by atoms with Crippen molar-refractivity contribution in [1.82, 2.24) is 9.38 Å². The van der Waals surface area contributed by atoms with E-state index in [0.29, 0.717) is 0 Å². The van der Waals surface area contributed by atoms with Gasteiger partial charge in [0.1, 0.15) is 0 Å². The molecule has 0 unspecified atom stereocenters. The summed E-state index contributed by atoms with van der Waals surface area (Å²) in [6.45, 7) is 3.96. The molecule has 0 saturated carbocycles. The molecular formula is C10H12N2OS. The zero-order chi connectivity index (χ0) is 10.1. The van der Waals surface area contributed by atoms with Gasteiger partial charge in [0.25, 0.3) is 5.56 Å². The largest absolute Gasteiger partial charge is 0.269 e. The lowest BCUT2D eigenvalue weighted by atomic mass is 10.3. The summed E-state index contributed by atoms with van der Waals surface area (Å²) in [6.07, 6.45) is 1.98. The molecule has 2 rings (SSSR count). The Morgan fingerprint density at radius 2 is 2.36 bits per heavy atom. The van der Waals surface area contributed by atoms with E-state index in [1.165, 1.54) is 11.3 Å². The first kappa shape index (κ1) is 9.40. The topological polar surface area (TPSA) is 34.4 Å². The molecule has 0 amide bonds. The van der Waals surface area contributed by atoms with Crippen LogP contribution < -0.4 is 5.56 Å². The molecule has 0 bridgehead atoms. The van der Waals surface area contributed by atoms with E-state index in [1.54, 1.807) is 10.5 Å². The standard InChI is InChI=1S/C10H12N2OS/c1-3-4-8-6-14-10-11-7(2)5-9(13)12(8)10/h5-6H,3-4H2,1-2H3. The Morgan fingerprint density at radius 1 is 1.57 bits per heavy atom. The molecule has 14 heavy (non-hydrogen) atoms. The van der Waals surface area contributed by atoms with E-state index in [1.807, 2.05) is 12.3 Å². The lowest BCUT2D eigenvalue weighted by molar-refractivity contribution is 0.849. The number of rotatable bonds is 2. The summed E-state index contributed by atoms with van der Waals surface area (Å²) in [5.74, 6) is 0. The number of thiazole rings is 1. The zero-order valence-corrected chi connectivity index (χ0v) is 9.10. The van der Waals surface area contributed by atoms with Crippen molar-refractivity contribution >= 4 is 16.3 Å². The van der Waals surface area contributed by atoms with E-state index in [4.69, 9.17) is 0 Å². The van der Waals surface area contributed by atoms with Crippen LogP contribution in [-0.4, -0.2) is 9.38 Å². The van der Waals surface area contributed by atoms with Gasteiger partial charge in [0.15, 0.2) is 4.96 Å².